The fourth-order valence-electron chi connectivity index (χ4n) is 6.41. The van der Waals surface area contributed by atoms with E-state index in [1.54, 1.807) is 11.5 Å². The molecule has 0 fully saturated rings. The summed E-state index contributed by atoms with van der Waals surface area (Å²) in [4.78, 5) is 10.7. The monoisotopic (exact) mass is 542 g/mol. The van der Waals surface area contributed by atoms with E-state index < -0.39 is 0 Å². The van der Waals surface area contributed by atoms with E-state index in [0.717, 1.165) is 45.0 Å². The van der Waals surface area contributed by atoms with Crippen LogP contribution in [-0.4, -0.2) is 18.9 Å². The van der Waals surface area contributed by atoms with Crippen molar-refractivity contribution in [1.29, 1.82) is 0 Å². The quantitative estimate of drug-likeness (QED) is 0.224. The smallest absolute Gasteiger partial charge is 0.147 e. The molecule has 1 aliphatic rings. The molecule has 0 radical (unpaired) electrons. The molecule has 0 bridgehead atoms. The van der Waals surface area contributed by atoms with Crippen LogP contribution in [0.15, 0.2) is 127 Å². The highest BCUT2D eigenvalue weighted by atomic mass is 32.1. The van der Waals surface area contributed by atoms with E-state index in [1.807, 2.05) is 6.07 Å². The maximum atomic E-state index is 5.44. The van der Waals surface area contributed by atoms with Crippen LogP contribution in [0.1, 0.15) is 22.9 Å². The van der Waals surface area contributed by atoms with Gasteiger partial charge in [-0.15, -0.1) is 0 Å². The zero-order valence-electron chi connectivity index (χ0n) is 21.9. The first-order valence-corrected chi connectivity index (χ1v) is 14.5. The van der Waals surface area contributed by atoms with Gasteiger partial charge in [0.15, 0.2) is 0 Å². The van der Waals surface area contributed by atoms with Crippen LogP contribution in [0, 0.1) is 0 Å². The predicted octanol–water partition coefficient (Wildman–Crippen LogP) is 9.01. The lowest BCUT2D eigenvalue weighted by molar-refractivity contribution is 0.915. The molecular formula is C36H22N4S. The Balaban J connectivity index is 1.31. The van der Waals surface area contributed by atoms with Gasteiger partial charge in [-0.25, -0.2) is 9.97 Å². The summed E-state index contributed by atoms with van der Waals surface area (Å²) in [6.07, 6.45) is 0. The van der Waals surface area contributed by atoms with Gasteiger partial charge in [0, 0.05) is 27.3 Å². The average molecular weight is 543 g/mol. The van der Waals surface area contributed by atoms with E-state index in [1.165, 1.54) is 32.2 Å². The Morgan fingerprint density at radius 2 is 1.34 bits per heavy atom. The van der Waals surface area contributed by atoms with E-state index in [-0.39, 0.29) is 5.92 Å². The summed E-state index contributed by atoms with van der Waals surface area (Å²) in [7, 11) is 0. The Kier molecular flexibility index (Phi) is 4.80. The maximum absolute atomic E-state index is 5.44. The number of rotatable bonds is 3. The summed E-state index contributed by atoms with van der Waals surface area (Å²) in [6, 6.07) is 44.7. The van der Waals surface area contributed by atoms with Gasteiger partial charge >= 0.3 is 0 Å². The number of pyridine rings is 2. The van der Waals surface area contributed by atoms with Crippen molar-refractivity contribution in [1.82, 2.24) is 18.9 Å². The predicted molar refractivity (Wildman–Crippen MR) is 168 cm³/mol. The molecule has 0 saturated heterocycles. The van der Waals surface area contributed by atoms with Crippen LogP contribution in [0.25, 0.3) is 60.2 Å². The molecule has 0 spiro atoms. The van der Waals surface area contributed by atoms with Crippen LogP contribution in [-0.2, 0) is 0 Å². The molecule has 4 aromatic carbocycles. The van der Waals surface area contributed by atoms with E-state index in [0.29, 0.717) is 0 Å². The van der Waals surface area contributed by atoms with Gasteiger partial charge in [-0.05, 0) is 59.1 Å². The van der Waals surface area contributed by atoms with Crippen molar-refractivity contribution in [3.8, 4) is 28.2 Å². The maximum Gasteiger partial charge on any atom is 0.147 e. The van der Waals surface area contributed by atoms with Gasteiger partial charge in [0.2, 0.25) is 0 Å². The SMILES string of the molecule is c1ccc(-c2ccc3c4ccccc4n(-c4ccc5c(n4)C(c4nsc6ccccc46)c4ccccc4-5)c3n2)cc1. The van der Waals surface area contributed by atoms with Crippen molar-refractivity contribution in [3.05, 3.63) is 144 Å². The zero-order valence-corrected chi connectivity index (χ0v) is 22.7. The minimum Gasteiger partial charge on any atom is -0.278 e. The van der Waals surface area contributed by atoms with Gasteiger partial charge in [-0.3, -0.25) is 4.57 Å². The van der Waals surface area contributed by atoms with Crippen molar-refractivity contribution < 1.29 is 0 Å². The highest BCUT2D eigenvalue weighted by Crippen LogP contribution is 2.49. The van der Waals surface area contributed by atoms with Crippen LogP contribution in [0.4, 0.5) is 0 Å². The number of benzene rings is 4. The average Bonchev–Trinajstić information content (AvgIpc) is 3.70. The summed E-state index contributed by atoms with van der Waals surface area (Å²) in [5.74, 6) is 0.836. The van der Waals surface area contributed by atoms with Crippen LogP contribution in [0.2, 0.25) is 0 Å². The fraction of sp³-hybridized carbons (Fsp3) is 0.0278. The molecule has 1 aliphatic carbocycles. The Bertz CT molecular complexity index is 2280. The third-order valence-electron chi connectivity index (χ3n) is 8.24. The minimum atomic E-state index is -0.0294. The number of hydrogen-bond donors (Lipinski definition) is 0. The third-order valence-corrected chi connectivity index (χ3v) is 9.09. The molecule has 1 atom stereocenters. The van der Waals surface area contributed by atoms with Crippen molar-refractivity contribution >= 4 is 43.6 Å². The van der Waals surface area contributed by atoms with E-state index >= 15 is 0 Å². The standard InChI is InChI=1S/C36H22N4S/c1-2-10-22(11-3-1)29-20-18-27-24-13-6-8-16-30(24)40(36(27)37-29)32-21-19-26-23-12-4-5-14-25(23)33(34(26)38-32)35-28-15-7-9-17-31(28)41-39-35/h1-21,33H. The topological polar surface area (TPSA) is 43.6 Å². The minimum absolute atomic E-state index is 0.0294. The van der Waals surface area contributed by atoms with Gasteiger partial charge < -0.3 is 0 Å². The largest absolute Gasteiger partial charge is 0.278 e. The lowest BCUT2D eigenvalue weighted by Crippen LogP contribution is -2.06. The molecule has 41 heavy (non-hydrogen) atoms. The summed E-state index contributed by atoms with van der Waals surface area (Å²) in [5.41, 5.74) is 9.83. The number of fused-ring (bicyclic) bond motifs is 7. The van der Waals surface area contributed by atoms with Crippen LogP contribution in [0.5, 0.6) is 0 Å². The van der Waals surface area contributed by atoms with Gasteiger partial charge in [-0.2, -0.15) is 4.37 Å². The molecule has 4 heterocycles. The molecule has 0 N–H and O–H groups in total. The van der Waals surface area contributed by atoms with E-state index in [9.17, 15) is 0 Å². The molecule has 4 aromatic heterocycles. The second-order valence-corrected chi connectivity index (χ2v) is 11.3. The highest BCUT2D eigenvalue weighted by Gasteiger charge is 2.34. The first kappa shape index (κ1) is 22.7. The van der Waals surface area contributed by atoms with Crippen LogP contribution < -0.4 is 0 Å². The van der Waals surface area contributed by atoms with Gasteiger partial charge in [-0.1, -0.05) is 91.0 Å². The van der Waals surface area contributed by atoms with Crippen molar-refractivity contribution in [2.75, 3.05) is 0 Å². The van der Waals surface area contributed by atoms with Gasteiger partial charge in [0.05, 0.1) is 33.2 Å². The molecule has 9 rings (SSSR count). The second-order valence-electron chi connectivity index (χ2n) is 10.5. The first-order valence-electron chi connectivity index (χ1n) is 13.8. The molecule has 8 aromatic rings. The normalized spacial score (nSPS) is 14.1. The molecule has 1 unspecified atom stereocenters. The highest BCUT2D eigenvalue weighted by molar-refractivity contribution is 7.13. The third kappa shape index (κ3) is 3.30. The summed E-state index contributed by atoms with van der Waals surface area (Å²) in [5, 5.41) is 3.48. The van der Waals surface area contributed by atoms with Crippen LogP contribution >= 0.6 is 11.5 Å². The molecule has 0 aliphatic heterocycles. The van der Waals surface area contributed by atoms with Crippen molar-refractivity contribution in [3.63, 3.8) is 0 Å². The summed E-state index contributed by atoms with van der Waals surface area (Å²) < 4.78 is 8.41. The summed E-state index contributed by atoms with van der Waals surface area (Å²) >= 11 is 1.56. The zero-order chi connectivity index (χ0) is 26.9. The fourth-order valence-corrected chi connectivity index (χ4v) is 7.22. The molecular weight excluding hydrogens is 520 g/mol. The number of hydrogen-bond acceptors (Lipinski definition) is 4. The van der Waals surface area contributed by atoms with E-state index in [4.69, 9.17) is 14.3 Å². The second kappa shape index (κ2) is 8.68. The van der Waals surface area contributed by atoms with Gasteiger partial charge in [0.25, 0.3) is 0 Å². The first-order chi connectivity index (χ1) is 20.3. The molecule has 4 nitrogen and oxygen atoms in total. The molecule has 0 saturated carbocycles. The Labute approximate surface area is 240 Å². The molecule has 0 amide bonds. The summed E-state index contributed by atoms with van der Waals surface area (Å²) in [6.45, 7) is 0. The number of para-hydroxylation sites is 1. The molecule has 5 heteroatoms. The van der Waals surface area contributed by atoms with Crippen molar-refractivity contribution in [2.24, 2.45) is 0 Å². The van der Waals surface area contributed by atoms with E-state index in [2.05, 4.69) is 126 Å². The Hall–Kier alpha value is -5.13. The number of nitrogens with zero attached hydrogens (tertiary/aromatic N) is 4. The Morgan fingerprint density at radius 3 is 2.27 bits per heavy atom. The van der Waals surface area contributed by atoms with Gasteiger partial charge in [0.1, 0.15) is 11.5 Å². The number of aromatic nitrogens is 4. The Morgan fingerprint density at radius 1 is 0.561 bits per heavy atom. The lowest BCUT2D eigenvalue weighted by Gasteiger charge is -2.13. The van der Waals surface area contributed by atoms with Crippen molar-refractivity contribution in [2.45, 2.75) is 5.92 Å². The molecule has 192 valence electrons. The van der Waals surface area contributed by atoms with Crippen LogP contribution in [0.3, 0.4) is 0 Å². The lowest BCUT2D eigenvalue weighted by atomic mass is 9.94.